The summed E-state index contributed by atoms with van der Waals surface area (Å²) in [7, 11) is -8.36. The Morgan fingerprint density at radius 2 is 1.11 bits per heavy atom. The van der Waals surface area contributed by atoms with E-state index in [1.165, 1.54) is 24.3 Å². The van der Waals surface area contributed by atoms with Crippen molar-refractivity contribution in [2.24, 2.45) is 0 Å². The molecule has 9 heteroatoms. The van der Waals surface area contributed by atoms with E-state index in [1.54, 1.807) is 52.0 Å². The molecule has 0 atom stereocenters. The van der Waals surface area contributed by atoms with Gasteiger partial charge in [0.15, 0.2) is 0 Å². The Morgan fingerprint density at radius 1 is 0.629 bits per heavy atom. The van der Waals surface area contributed by atoms with Crippen LogP contribution in [0, 0.1) is 27.7 Å². The van der Waals surface area contributed by atoms with Crippen molar-refractivity contribution in [1.82, 2.24) is 0 Å². The van der Waals surface area contributed by atoms with Crippen molar-refractivity contribution in [2.45, 2.75) is 37.5 Å². The molecule has 0 saturated carbocycles. The quantitative estimate of drug-likeness (QED) is 0.322. The first-order chi connectivity index (χ1) is 16.4. The van der Waals surface area contributed by atoms with Gasteiger partial charge in [0.2, 0.25) is 0 Å². The minimum Gasteiger partial charge on any atom is -0.508 e. The number of hydrogen-bond acceptors (Lipinski definition) is 5. The molecule has 4 rings (SSSR count). The van der Waals surface area contributed by atoms with E-state index >= 15 is 0 Å². The van der Waals surface area contributed by atoms with E-state index in [9.17, 15) is 21.9 Å². The van der Waals surface area contributed by atoms with E-state index in [1.807, 2.05) is 12.1 Å². The van der Waals surface area contributed by atoms with Gasteiger partial charge in [-0.2, -0.15) is 0 Å². The van der Waals surface area contributed by atoms with Crippen molar-refractivity contribution in [3.05, 3.63) is 89.0 Å². The summed E-state index contributed by atoms with van der Waals surface area (Å²) in [6.45, 7) is 7.14. The number of fused-ring (bicyclic) bond motifs is 1. The number of aryl methyl sites for hydroxylation is 4. The Balaban J connectivity index is 1.90. The number of nitrogens with one attached hydrogen (secondary N) is 2. The summed E-state index contributed by atoms with van der Waals surface area (Å²) in [5.74, 6) is -0.134. The predicted octanol–water partition coefficient (Wildman–Crippen LogP) is 5.38. The van der Waals surface area contributed by atoms with Crippen molar-refractivity contribution < 1.29 is 21.9 Å². The average Bonchev–Trinajstić information content (AvgIpc) is 2.78. The van der Waals surface area contributed by atoms with Crippen LogP contribution in [0.3, 0.4) is 0 Å². The zero-order valence-electron chi connectivity index (χ0n) is 19.7. The molecule has 0 aliphatic rings. The van der Waals surface area contributed by atoms with E-state index in [0.717, 1.165) is 28.3 Å². The zero-order valence-corrected chi connectivity index (χ0v) is 21.4. The molecule has 0 aromatic heterocycles. The van der Waals surface area contributed by atoms with Crippen molar-refractivity contribution in [1.29, 1.82) is 0 Å². The van der Waals surface area contributed by atoms with Crippen LogP contribution in [-0.2, 0) is 20.0 Å². The lowest BCUT2D eigenvalue weighted by Gasteiger charge is -2.17. The molecule has 0 bridgehead atoms. The fourth-order valence-corrected chi connectivity index (χ4v) is 6.78. The van der Waals surface area contributed by atoms with Crippen LogP contribution >= 0.6 is 0 Å². The molecule has 0 spiro atoms. The lowest BCUT2D eigenvalue weighted by molar-refractivity contribution is 0.476. The summed E-state index contributed by atoms with van der Waals surface area (Å²) < 4.78 is 59.1. The molecule has 0 aliphatic heterocycles. The number of anilines is 2. The van der Waals surface area contributed by atoms with E-state index in [4.69, 9.17) is 0 Å². The van der Waals surface area contributed by atoms with Gasteiger partial charge in [0.25, 0.3) is 20.0 Å². The Bertz CT molecular complexity index is 1640. The molecule has 3 N–H and O–H groups in total. The van der Waals surface area contributed by atoms with Gasteiger partial charge in [-0.05, 0) is 79.6 Å². The highest BCUT2D eigenvalue weighted by atomic mass is 32.2. The van der Waals surface area contributed by atoms with E-state index in [-0.39, 0.29) is 20.9 Å². The van der Waals surface area contributed by atoms with Gasteiger partial charge in [-0.1, -0.05) is 42.5 Å². The molecular formula is C26H26N2O5S2. The van der Waals surface area contributed by atoms with Gasteiger partial charge in [-0.15, -0.1) is 0 Å². The first-order valence-corrected chi connectivity index (χ1v) is 13.8. The molecular weight excluding hydrogens is 484 g/mol. The summed E-state index contributed by atoms with van der Waals surface area (Å²) >= 11 is 0. The van der Waals surface area contributed by atoms with Crippen molar-refractivity contribution in [2.75, 3.05) is 9.44 Å². The molecule has 35 heavy (non-hydrogen) atoms. The van der Waals surface area contributed by atoms with Crippen LogP contribution in [0.5, 0.6) is 5.75 Å². The number of sulfonamides is 2. The molecule has 182 valence electrons. The Morgan fingerprint density at radius 3 is 1.63 bits per heavy atom. The highest BCUT2D eigenvalue weighted by molar-refractivity contribution is 7.93. The predicted molar refractivity (Wildman–Crippen MR) is 139 cm³/mol. The van der Waals surface area contributed by atoms with Crippen molar-refractivity contribution >= 4 is 42.2 Å². The molecule has 0 saturated heterocycles. The van der Waals surface area contributed by atoms with E-state index in [2.05, 4.69) is 9.44 Å². The maximum absolute atomic E-state index is 13.6. The number of para-hydroxylation sites is 2. The largest absolute Gasteiger partial charge is 0.508 e. The maximum atomic E-state index is 13.6. The molecule has 0 heterocycles. The van der Waals surface area contributed by atoms with E-state index in [0.29, 0.717) is 16.8 Å². The average molecular weight is 511 g/mol. The van der Waals surface area contributed by atoms with Gasteiger partial charge in [0.05, 0.1) is 21.2 Å². The first-order valence-electron chi connectivity index (χ1n) is 10.8. The molecule has 4 aromatic carbocycles. The summed E-state index contributed by atoms with van der Waals surface area (Å²) in [5, 5.41) is 10.6. The van der Waals surface area contributed by atoms with Crippen LogP contribution in [0.2, 0.25) is 0 Å². The SMILES string of the molecule is Cc1cccc(C)c1NS(=O)(=O)c1cc(S(=O)(=O)Nc2c(C)cccc2C)c2cc(O)ccc2c1. The van der Waals surface area contributed by atoms with Crippen molar-refractivity contribution in [3.8, 4) is 5.75 Å². The number of phenols is 1. The molecule has 4 aromatic rings. The molecule has 0 amide bonds. The third-order valence-electron chi connectivity index (χ3n) is 5.91. The van der Waals surface area contributed by atoms with Gasteiger partial charge >= 0.3 is 0 Å². The lowest BCUT2D eigenvalue weighted by atomic mass is 10.1. The van der Waals surface area contributed by atoms with Gasteiger partial charge < -0.3 is 5.11 Å². The highest BCUT2D eigenvalue weighted by Gasteiger charge is 2.25. The summed E-state index contributed by atoms with van der Waals surface area (Å²) in [5.41, 5.74) is 3.79. The topological polar surface area (TPSA) is 113 Å². The fourth-order valence-electron chi connectivity index (χ4n) is 4.00. The van der Waals surface area contributed by atoms with Gasteiger partial charge in [-0.25, -0.2) is 16.8 Å². The number of rotatable bonds is 6. The Hall–Kier alpha value is -3.56. The highest BCUT2D eigenvalue weighted by Crippen LogP contribution is 2.33. The second kappa shape index (κ2) is 8.90. The summed E-state index contributed by atoms with van der Waals surface area (Å²) in [6, 6.07) is 17.5. The van der Waals surface area contributed by atoms with Crippen LogP contribution in [-0.4, -0.2) is 21.9 Å². The van der Waals surface area contributed by atoms with Crippen molar-refractivity contribution in [3.63, 3.8) is 0 Å². The summed E-state index contributed by atoms with van der Waals surface area (Å²) in [6.07, 6.45) is 0. The maximum Gasteiger partial charge on any atom is 0.262 e. The van der Waals surface area contributed by atoms with Crippen LogP contribution < -0.4 is 9.44 Å². The second-order valence-corrected chi connectivity index (χ2v) is 11.9. The van der Waals surface area contributed by atoms with Crippen LogP contribution in [0.15, 0.2) is 76.5 Å². The monoisotopic (exact) mass is 510 g/mol. The first kappa shape index (κ1) is 24.6. The standard InChI is InChI=1S/C26H26N2O5S2/c1-16-7-5-8-17(2)25(16)27-34(30,31)22-13-20-11-12-21(29)14-23(20)24(15-22)35(32,33)28-26-18(3)9-6-10-19(26)4/h5-15,27-29H,1-4H3. The molecule has 0 radical (unpaired) electrons. The summed E-state index contributed by atoms with van der Waals surface area (Å²) in [4.78, 5) is -0.462. The third-order valence-corrected chi connectivity index (χ3v) is 8.63. The normalized spacial score (nSPS) is 12.0. The minimum atomic E-state index is -4.23. The van der Waals surface area contributed by atoms with Crippen LogP contribution in [0.25, 0.3) is 10.8 Å². The van der Waals surface area contributed by atoms with Crippen LogP contribution in [0.4, 0.5) is 11.4 Å². The molecule has 0 fully saturated rings. The minimum absolute atomic E-state index is 0.134. The van der Waals surface area contributed by atoms with Gasteiger partial charge in [-0.3, -0.25) is 9.44 Å². The van der Waals surface area contributed by atoms with Crippen LogP contribution in [0.1, 0.15) is 22.3 Å². The zero-order chi connectivity index (χ0) is 25.5. The van der Waals surface area contributed by atoms with E-state index < -0.39 is 20.0 Å². The molecule has 0 aliphatic carbocycles. The smallest absolute Gasteiger partial charge is 0.262 e. The fraction of sp³-hybridized carbons (Fsp3) is 0.154. The number of aromatic hydroxyl groups is 1. The molecule has 7 nitrogen and oxygen atoms in total. The van der Waals surface area contributed by atoms with Gasteiger partial charge in [0.1, 0.15) is 5.75 Å². The third kappa shape index (κ3) is 4.82. The number of hydrogen-bond donors (Lipinski definition) is 3. The number of benzene rings is 4. The lowest BCUT2D eigenvalue weighted by Crippen LogP contribution is -2.18. The second-order valence-electron chi connectivity index (χ2n) is 8.57. The number of phenolic OH excluding ortho intramolecular Hbond substituents is 1. The Labute approximate surface area is 205 Å². The van der Waals surface area contributed by atoms with Gasteiger partial charge in [0, 0.05) is 5.39 Å². The molecule has 0 unspecified atom stereocenters. The Kier molecular flexibility index (Phi) is 6.25.